The summed E-state index contributed by atoms with van der Waals surface area (Å²) in [5.74, 6) is 0. The van der Waals surface area contributed by atoms with Crippen LogP contribution in [0.15, 0.2) is 48.5 Å². The van der Waals surface area contributed by atoms with Crippen LogP contribution < -0.4 is 4.62 Å². The van der Waals surface area contributed by atoms with E-state index in [0.29, 0.717) is 11.0 Å². The van der Waals surface area contributed by atoms with Crippen LogP contribution in [0.5, 0.6) is 0 Å². The summed E-state index contributed by atoms with van der Waals surface area (Å²) in [5, 5.41) is 24.8. The SMILES string of the molecule is F[P-](F)(F)(F)(F)F.On1nnc2ccccc21.c1ccc2c(c1)nnn2O[P+](N1CCCC1)(N1CCCC1)N1CCCC1. The minimum atomic E-state index is -10.7. The van der Waals surface area contributed by atoms with E-state index in [1.807, 2.05) is 30.3 Å². The van der Waals surface area contributed by atoms with Gasteiger partial charge in [-0.2, -0.15) is 4.62 Å². The molecule has 3 saturated heterocycles. The standard InChI is InChI=1S/C18H28N6OP.C6H5N3O.F6P/c1-2-10-18-17(9-1)19-20-24(18)25-26(21-11-3-4-12-21,22-13-5-6-14-22)23-15-7-8-16-23;10-9-6-4-2-1-3-5(6)7-8-9;1-7(2,3,4,5)6/h1-2,9-10H,3-8,11-16H2;1-4,10H;/q+1;;-1. The van der Waals surface area contributed by atoms with Crippen LogP contribution in [0.25, 0.3) is 22.1 Å². The molecule has 0 spiro atoms. The van der Waals surface area contributed by atoms with Crippen molar-refractivity contribution in [1.29, 1.82) is 0 Å². The summed E-state index contributed by atoms with van der Waals surface area (Å²) in [6.07, 6.45) is 7.61. The molecule has 7 rings (SSSR count). The zero-order chi connectivity index (χ0) is 30.8. The number of aromatic nitrogens is 6. The maximum atomic E-state index is 9.87. The van der Waals surface area contributed by atoms with Crippen LogP contribution in [-0.2, 0) is 0 Å². The fourth-order valence-corrected chi connectivity index (χ4v) is 9.57. The van der Waals surface area contributed by atoms with E-state index in [2.05, 4.69) is 40.7 Å². The molecule has 43 heavy (non-hydrogen) atoms. The Kier molecular flexibility index (Phi) is 8.51. The van der Waals surface area contributed by atoms with Gasteiger partial charge in [-0.3, -0.25) is 0 Å². The zero-order valence-corrected chi connectivity index (χ0v) is 24.9. The van der Waals surface area contributed by atoms with E-state index in [9.17, 15) is 25.2 Å². The predicted molar refractivity (Wildman–Crippen MR) is 152 cm³/mol. The molecular formula is C24H33F6N9O2P2. The third-order valence-corrected chi connectivity index (χ3v) is 11.0. The number of hydrogen-bond acceptors (Lipinski definition) is 9. The van der Waals surface area contributed by atoms with Crippen molar-refractivity contribution in [3.05, 3.63) is 48.5 Å². The molecule has 2 aromatic heterocycles. The molecule has 0 amide bonds. The minimum Gasteiger partial charge on any atom is -0.410 e. The molecule has 2 aromatic carbocycles. The summed E-state index contributed by atoms with van der Waals surface area (Å²) >= 11 is 0. The summed E-state index contributed by atoms with van der Waals surface area (Å²) in [4.78, 5) is 2.48. The van der Waals surface area contributed by atoms with Gasteiger partial charge in [0, 0.05) is 39.3 Å². The Balaban J connectivity index is 0.000000177. The van der Waals surface area contributed by atoms with E-state index in [1.54, 1.807) is 17.0 Å². The van der Waals surface area contributed by atoms with E-state index in [-0.39, 0.29) is 0 Å². The number of nitrogens with zero attached hydrogens (tertiary/aromatic N) is 9. The topological polar surface area (TPSA) is 101 Å². The van der Waals surface area contributed by atoms with Gasteiger partial charge in [-0.15, -0.1) is 24.2 Å². The summed E-state index contributed by atoms with van der Waals surface area (Å²) in [7, 11) is -12.7. The van der Waals surface area contributed by atoms with Gasteiger partial charge in [0.2, 0.25) is 0 Å². The van der Waals surface area contributed by atoms with E-state index in [0.717, 1.165) is 55.1 Å². The van der Waals surface area contributed by atoms with Gasteiger partial charge in [0.05, 0.1) is 0 Å². The van der Waals surface area contributed by atoms with Crippen molar-refractivity contribution in [2.75, 3.05) is 39.3 Å². The molecule has 4 aromatic rings. The van der Waals surface area contributed by atoms with Crippen LogP contribution in [0.2, 0.25) is 0 Å². The van der Waals surface area contributed by atoms with E-state index < -0.39 is 15.8 Å². The van der Waals surface area contributed by atoms with Gasteiger partial charge in [0.1, 0.15) is 22.1 Å². The molecular weight excluding hydrogens is 622 g/mol. The molecule has 5 heterocycles. The van der Waals surface area contributed by atoms with E-state index in [1.165, 1.54) is 38.5 Å². The van der Waals surface area contributed by atoms with Crippen molar-refractivity contribution < 1.29 is 35.0 Å². The Morgan fingerprint density at radius 2 is 0.977 bits per heavy atom. The van der Waals surface area contributed by atoms with Crippen molar-refractivity contribution in [3.8, 4) is 0 Å². The second-order valence-corrected chi connectivity index (χ2v) is 15.3. The van der Waals surface area contributed by atoms with Crippen LogP contribution >= 0.6 is 15.8 Å². The summed E-state index contributed by atoms with van der Waals surface area (Å²) < 4.78 is 74.1. The van der Waals surface area contributed by atoms with Gasteiger partial charge in [-0.25, -0.2) is 0 Å². The Morgan fingerprint density at radius 3 is 1.42 bits per heavy atom. The van der Waals surface area contributed by atoms with Gasteiger partial charge >= 0.3 is 40.9 Å². The Hall–Kier alpha value is -2.84. The first-order valence-corrected chi connectivity index (χ1v) is 17.5. The van der Waals surface area contributed by atoms with Gasteiger partial charge in [-0.1, -0.05) is 29.1 Å². The average molecular weight is 656 g/mol. The second kappa shape index (κ2) is 11.6. The summed E-state index contributed by atoms with van der Waals surface area (Å²) in [6.45, 7) is 6.79. The van der Waals surface area contributed by atoms with Crippen molar-refractivity contribution >= 4 is 37.8 Å². The number of halogens is 6. The fourth-order valence-electron chi connectivity index (χ4n) is 5.44. The molecule has 0 radical (unpaired) electrons. The van der Waals surface area contributed by atoms with Crippen molar-refractivity contribution in [2.24, 2.45) is 0 Å². The molecule has 0 aliphatic carbocycles. The molecule has 11 nitrogen and oxygen atoms in total. The van der Waals surface area contributed by atoms with Crippen molar-refractivity contribution in [1.82, 2.24) is 44.3 Å². The largest absolute Gasteiger partial charge is 0.451 e. The molecule has 0 atom stereocenters. The van der Waals surface area contributed by atoms with Crippen LogP contribution in [0.1, 0.15) is 38.5 Å². The molecule has 3 aliphatic rings. The normalized spacial score (nSPS) is 20.3. The zero-order valence-electron chi connectivity index (χ0n) is 23.1. The Morgan fingerprint density at radius 1 is 0.605 bits per heavy atom. The number of hydrogen-bond donors (Lipinski definition) is 1. The predicted octanol–water partition coefficient (Wildman–Crippen LogP) is 6.88. The maximum absolute atomic E-state index is 10.7. The van der Waals surface area contributed by atoms with Gasteiger partial charge in [-0.05, 0) is 78.1 Å². The number of rotatable bonds is 5. The average Bonchev–Trinajstić information content (AvgIpc) is 3.78. The van der Waals surface area contributed by atoms with Gasteiger partial charge < -0.3 is 5.21 Å². The first-order valence-electron chi connectivity index (χ1n) is 13.9. The molecule has 238 valence electrons. The van der Waals surface area contributed by atoms with Gasteiger partial charge in [0.15, 0.2) is 0 Å². The number of para-hydroxylation sites is 2. The molecule has 0 unspecified atom stereocenters. The van der Waals surface area contributed by atoms with E-state index >= 15 is 0 Å². The fraction of sp³-hybridized carbons (Fsp3) is 0.500. The van der Waals surface area contributed by atoms with Crippen LogP contribution in [0.4, 0.5) is 25.2 Å². The van der Waals surface area contributed by atoms with E-state index in [4.69, 9.17) is 9.83 Å². The second-order valence-electron chi connectivity index (χ2n) is 10.5. The smallest absolute Gasteiger partial charge is 0.410 e. The van der Waals surface area contributed by atoms with Crippen LogP contribution in [0, 0.1) is 0 Å². The van der Waals surface area contributed by atoms with Crippen molar-refractivity contribution in [3.63, 3.8) is 0 Å². The molecule has 3 fully saturated rings. The number of benzene rings is 2. The van der Waals surface area contributed by atoms with Crippen LogP contribution in [0.3, 0.4) is 0 Å². The van der Waals surface area contributed by atoms with Crippen LogP contribution in [-0.4, -0.2) is 88.8 Å². The monoisotopic (exact) mass is 655 g/mol. The third-order valence-electron chi connectivity index (χ3n) is 7.20. The summed E-state index contributed by atoms with van der Waals surface area (Å²) in [6, 6.07) is 15.3. The van der Waals surface area contributed by atoms with Crippen molar-refractivity contribution in [2.45, 2.75) is 38.5 Å². The first-order chi connectivity index (χ1) is 20.2. The molecule has 19 heteroatoms. The minimum absolute atomic E-state index is 0.627. The van der Waals surface area contributed by atoms with Gasteiger partial charge in [0.25, 0.3) is 0 Å². The molecule has 1 N–H and O–H groups in total. The number of fused-ring (bicyclic) bond motifs is 2. The first kappa shape index (κ1) is 31.6. The Labute approximate surface area is 243 Å². The Bertz CT molecular complexity index is 1470. The molecule has 0 saturated carbocycles. The molecule has 3 aliphatic heterocycles. The molecule has 0 bridgehead atoms. The maximum Gasteiger partial charge on any atom is 0.451 e. The third kappa shape index (κ3) is 8.21. The quantitative estimate of drug-likeness (QED) is 0.140. The summed E-state index contributed by atoms with van der Waals surface area (Å²) in [5.41, 5.74) is 3.19.